The van der Waals surface area contributed by atoms with Gasteiger partial charge < -0.3 is 19.5 Å². The Kier molecular flexibility index (Phi) is 8.22. The molecule has 0 aliphatic heterocycles. The van der Waals surface area contributed by atoms with Crippen molar-refractivity contribution in [2.45, 2.75) is 32.7 Å². The quantitative estimate of drug-likeness (QED) is 0.608. The first-order valence-electron chi connectivity index (χ1n) is 9.03. The molecule has 1 unspecified atom stereocenters. The number of benzene rings is 2. The first kappa shape index (κ1) is 20.0. The van der Waals surface area contributed by atoms with E-state index in [-0.39, 0.29) is 5.82 Å². The fourth-order valence-electron chi connectivity index (χ4n) is 2.60. The van der Waals surface area contributed by atoms with E-state index in [1.165, 1.54) is 17.7 Å². The maximum Gasteiger partial charge on any atom is 0.164 e. The van der Waals surface area contributed by atoms with Crippen LogP contribution >= 0.6 is 0 Å². The van der Waals surface area contributed by atoms with Gasteiger partial charge in [-0.3, -0.25) is 0 Å². The van der Waals surface area contributed by atoms with Crippen LogP contribution in [0.1, 0.15) is 25.8 Å². The summed E-state index contributed by atoms with van der Waals surface area (Å²) >= 11 is 0. The van der Waals surface area contributed by atoms with E-state index >= 15 is 0 Å². The zero-order valence-corrected chi connectivity index (χ0v) is 15.8. The molecule has 0 bridgehead atoms. The predicted octanol–water partition coefficient (Wildman–Crippen LogP) is 4.22. The molecule has 142 valence electrons. The Morgan fingerprint density at radius 3 is 2.46 bits per heavy atom. The molecule has 0 saturated carbocycles. The Bertz CT molecular complexity index is 661. The van der Waals surface area contributed by atoms with Crippen LogP contribution in [0.4, 0.5) is 4.39 Å². The first-order chi connectivity index (χ1) is 12.6. The normalized spacial score (nSPS) is 11.8. The molecule has 1 N–H and O–H groups in total. The highest BCUT2D eigenvalue weighted by Gasteiger charge is 2.07. The summed E-state index contributed by atoms with van der Waals surface area (Å²) in [5.41, 5.74) is 1.25. The summed E-state index contributed by atoms with van der Waals surface area (Å²) in [6.45, 7) is 6.07. The molecule has 0 spiro atoms. The topological polar surface area (TPSA) is 39.7 Å². The monoisotopic (exact) mass is 361 g/mol. The van der Waals surface area contributed by atoms with Gasteiger partial charge in [0.15, 0.2) is 11.5 Å². The molecule has 0 saturated heterocycles. The van der Waals surface area contributed by atoms with E-state index in [4.69, 9.17) is 14.2 Å². The summed E-state index contributed by atoms with van der Waals surface area (Å²) in [5, 5.41) is 3.41. The van der Waals surface area contributed by atoms with Crippen LogP contribution in [0.25, 0.3) is 0 Å². The van der Waals surface area contributed by atoms with Gasteiger partial charge in [-0.2, -0.15) is 0 Å². The minimum atomic E-state index is -0.339. The van der Waals surface area contributed by atoms with Crippen LogP contribution in [-0.4, -0.2) is 32.9 Å². The molecule has 0 heterocycles. The molecule has 0 radical (unpaired) electrons. The van der Waals surface area contributed by atoms with E-state index in [1.807, 2.05) is 12.1 Å². The SMILES string of the molecule is CCCOc1ccc(CC(C)NCCOc2cc(F)ccc2OC)cc1. The summed E-state index contributed by atoms with van der Waals surface area (Å²) in [4.78, 5) is 0. The van der Waals surface area contributed by atoms with Crippen LogP contribution in [0.3, 0.4) is 0 Å². The Balaban J connectivity index is 1.72. The summed E-state index contributed by atoms with van der Waals surface area (Å²) in [5.74, 6) is 1.52. The van der Waals surface area contributed by atoms with E-state index < -0.39 is 0 Å². The van der Waals surface area contributed by atoms with E-state index in [0.29, 0.717) is 30.7 Å². The molecule has 5 heteroatoms. The van der Waals surface area contributed by atoms with Gasteiger partial charge in [-0.1, -0.05) is 19.1 Å². The molecule has 2 aromatic carbocycles. The molecule has 0 fully saturated rings. The first-order valence-corrected chi connectivity index (χ1v) is 9.03. The number of nitrogens with one attached hydrogen (secondary N) is 1. The summed E-state index contributed by atoms with van der Waals surface area (Å²) < 4.78 is 29.7. The van der Waals surface area contributed by atoms with Crippen molar-refractivity contribution in [3.63, 3.8) is 0 Å². The highest BCUT2D eigenvalue weighted by molar-refractivity contribution is 5.39. The van der Waals surface area contributed by atoms with Crippen molar-refractivity contribution in [3.05, 3.63) is 53.8 Å². The maximum absolute atomic E-state index is 13.3. The molecular weight excluding hydrogens is 333 g/mol. The zero-order chi connectivity index (χ0) is 18.8. The molecule has 0 aliphatic rings. The van der Waals surface area contributed by atoms with E-state index in [9.17, 15) is 4.39 Å². The van der Waals surface area contributed by atoms with Crippen molar-refractivity contribution >= 4 is 0 Å². The second-order valence-corrected chi connectivity index (χ2v) is 6.20. The smallest absolute Gasteiger partial charge is 0.164 e. The Labute approximate surface area is 155 Å². The van der Waals surface area contributed by atoms with E-state index in [2.05, 4.69) is 31.3 Å². The van der Waals surface area contributed by atoms with Gasteiger partial charge in [-0.25, -0.2) is 4.39 Å². The fraction of sp³-hybridized carbons (Fsp3) is 0.429. The van der Waals surface area contributed by atoms with Crippen molar-refractivity contribution in [2.24, 2.45) is 0 Å². The molecule has 0 amide bonds. The van der Waals surface area contributed by atoms with E-state index in [0.717, 1.165) is 25.2 Å². The second kappa shape index (κ2) is 10.7. The average molecular weight is 361 g/mol. The lowest BCUT2D eigenvalue weighted by molar-refractivity contribution is 0.285. The van der Waals surface area contributed by atoms with Crippen molar-refractivity contribution in [1.29, 1.82) is 0 Å². The van der Waals surface area contributed by atoms with Gasteiger partial charge in [-0.05, 0) is 49.6 Å². The molecule has 2 rings (SSSR count). The van der Waals surface area contributed by atoms with Crippen molar-refractivity contribution in [3.8, 4) is 17.2 Å². The van der Waals surface area contributed by atoms with Crippen LogP contribution in [0.15, 0.2) is 42.5 Å². The zero-order valence-electron chi connectivity index (χ0n) is 15.8. The van der Waals surface area contributed by atoms with Crippen molar-refractivity contribution in [1.82, 2.24) is 5.32 Å². The molecule has 0 aromatic heterocycles. The number of ether oxygens (including phenoxy) is 3. The van der Waals surface area contributed by atoms with Crippen LogP contribution in [-0.2, 0) is 6.42 Å². The van der Waals surface area contributed by atoms with Crippen molar-refractivity contribution in [2.75, 3.05) is 26.9 Å². The minimum Gasteiger partial charge on any atom is -0.494 e. The average Bonchev–Trinajstić information content (AvgIpc) is 2.65. The van der Waals surface area contributed by atoms with Crippen LogP contribution in [0.5, 0.6) is 17.2 Å². The van der Waals surface area contributed by atoms with Crippen LogP contribution < -0.4 is 19.5 Å². The molecule has 4 nitrogen and oxygen atoms in total. The third kappa shape index (κ3) is 6.56. The van der Waals surface area contributed by atoms with Gasteiger partial charge in [-0.15, -0.1) is 0 Å². The highest BCUT2D eigenvalue weighted by atomic mass is 19.1. The second-order valence-electron chi connectivity index (χ2n) is 6.20. The van der Waals surface area contributed by atoms with Gasteiger partial charge >= 0.3 is 0 Å². The van der Waals surface area contributed by atoms with Gasteiger partial charge in [0.25, 0.3) is 0 Å². The van der Waals surface area contributed by atoms with Gasteiger partial charge in [0.2, 0.25) is 0 Å². The number of hydrogen-bond donors (Lipinski definition) is 1. The van der Waals surface area contributed by atoms with Crippen LogP contribution in [0, 0.1) is 5.82 Å². The summed E-state index contributed by atoms with van der Waals surface area (Å²) in [6, 6.07) is 12.8. The largest absolute Gasteiger partial charge is 0.494 e. The highest BCUT2D eigenvalue weighted by Crippen LogP contribution is 2.27. The maximum atomic E-state index is 13.3. The molecule has 1 atom stereocenters. The lowest BCUT2D eigenvalue weighted by Gasteiger charge is -2.15. The van der Waals surface area contributed by atoms with Gasteiger partial charge in [0.1, 0.15) is 18.2 Å². The lowest BCUT2D eigenvalue weighted by Crippen LogP contribution is -2.31. The summed E-state index contributed by atoms with van der Waals surface area (Å²) in [6.07, 6.45) is 1.92. The standard InChI is InChI=1S/C21H28FNO3/c1-4-12-25-19-8-5-17(6-9-19)14-16(2)23-11-13-26-21-15-18(22)7-10-20(21)24-3/h5-10,15-16,23H,4,11-14H2,1-3H3. The molecule has 0 aliphatic carbocycles. The predicted molar refractivity (Wildman–Crippen MR) is 102 cm³/mol. The Morgan fingerprint density at radius 1 is 1.00 bits per heavy atom. The van der Waals surface area contributed by atoms with Gasteiger partial charge in [0, 0.05) is 18.7 Å². The molecule has 2 aromatic rings. The molecular formula is C21H28FNO3. The van der Waals surface area contributed by atoms with Crippen LogP contribution in [0.2, 0.25) is 0 Å². The Hall–Kier alpha value is -2.27. The number of halogens is 1. The number of hydrogen-bond acceptors (Lipinski definition) is 4. The lowest BCUT2D eigenvalue weighted by atomic mass is 10.1. The number of methoxy groups -OCH3 is 1. The third-order valence-electron chi connectivity index (χ3n) is 3.92. The van der Waals surface area contributed by atoms with E-state index in [1.54, 1.807) is 13.2 Å². The number of rotatable bonds is 11. The van der Waals surface area contributed by atoms with Crippen molar-refractivity contribution < 1.29 is 18.6 Å². The fourth-order valence-corrected chi connectivity index (χ4v) is 2.60. The molecule has 26 heavy (non-hydrogen) atoms. The minimum absolute atomic E-state index is 0.301. The Morgan fingerprint density at radius 2 is 1.77 bits per heavy atom. The van der Waals surface area contributed by atoms with Gasteiger partial charge in [0.05, 0.1) is 13.7 Å². The summed E-state index contributed by atoms with van der Waals surface area (Å²) in [7, 11) is 1.54. The third-order valence-corrected chi connectivity index (χ3v) is 3.92.